The van der Waals surface area contributed by atoms with Crippen molar-refractivity contribution in [3.05, 3.63) is 12.2 Å². The molecule has 0 saturated carbocycles. The van der Waals surface area contributed by atoms with Crippen molar-refractivity contribution in [2.45, 2.75) is 191 Å². The molecule has 0 unspecified atom stereocenters. The third kappa shape index (κ3) is 18.3. The Bertz CT molecular complexity index is 645. The Morgan fingerprint density at radius 3 is 1.81 bits per heavy atom. The molecule has 0 amide bonds. The van der Waals surface area contributed by atoms with E-state index in [4.69, 9.17) is 18.9 Å². The van der Waals surface area contributed by atoms with E-state index in [1.54, 1.807) is 7.11 Å². The van der Waals surface area contributed by atoms with Gasteiger partial charge in [-0.15, -0.1) is 0 Å². The number of allylic oxidation sites excluding steroid dienone is 2. The third-order valence-corrected chi connectivity index (χ3v) is 8.91. The molecule has 1 rings (SSSR count). The molecular formula is C36H70O7. The molecule has 0 aromatic carbocycles. The van der Waals surface area contributed by atoms with Crippen LogP contribution in [0.4, 0.5) is 0 Å². The molecule has 0 bridgehead atoms. The van der Waals surface area contributed by atoms with Gasteiger partial charge in [0.05, 0.1) is 12.7 Å². The molecule has 1 aliphatic heterocycles. The average Bonchev–Trinajstić information content (AvgIpc) is 3.00. The molecule has 6 atom stereocenters. The minimum absolute atomic E-state index is 0.00319. The van der Waals surface area contributed by atoms with Gasteiger partial charge in [-0.3, -0.25) is 0 Å². The van der Waals surface area contributed by atoms with E-state index in [0.29, 0.717) is 13.0 Å². The number of ether oxygens (including phenoxy) is 4. The van der Waals surface area contributed by atoms with Crippen LogP contribution < -0.4 is 0 Å². The maximum Gasteiger partial charge on any atom is 0.195 e. The Balaban J connectivity index is 2.36. The Kier molecular flexibility index (Phi) is 25.1. The zero-order valence-corrected chi connectivity index (χ0v) is 28.5. The number of aliphatic hydroxyl groups excluding tert-OH is 2. The summed E-state index contributed by atoms with van der Waals surface area (Å²) < 4.78 is 22.9. The second kappa shape index (κ2) is 26.7. The van der Waals surface area contributed by atoms with E-state index >= 15 is 0 Å². The average molecular weight is 615 g/mol. The fourth-order valence-corrected chi connectivity index (χ4v) is 6.07. The van der Waals surface area contributed by atoms with Crippen LogP contribution in [-0.2, 0) is 18.9 Å². The highest BCUT2D eigenvalue weighted by molar-refractivity contribution is 4.97. The summed E-state index contributed by atoms with van der Waals surface area (Å²) in [4.78, 5) is 0. The first-order valence-electron chi connectivity index (χ1n) is 18.0. The molecule has 7 heteroatoms. The number of aliphatic hydroxyl groups is 3. The minimum Gasteiger partial charge on any atom is -0.387 e. The van der Waals surface area contributed by atoms with Crippen LogP contribution in [0.3, 0.4) is 0 Å². The molecule has 0 aromatic heterocycles. The van der Waals surface area contributed by atoms with Gasteiger partial charge in [0.2, 0.25) is 0 Å². The summed E-state index contributed by atoms with van der Waals surface area (Å²) in [5, 5.41) is 33.2. The first kappa shape index (κ1) is 40.5. The Hall–Kier alpha value is -0.540. The normalized spacial score (nSPS) is 25.1. The van der Waals surface area contributed by atoms with E-state index in [-0.39, 0.29) is 19.1 Å². The fourth-order valence-electron chi connectivity index (χ4n) is 6.07. The van der Waals surface area contributed by atoms with Gasteiger partial charge in [0.1, 0.15) is 24.4 Å². The number of hydrogen-bond acceptors (Lipinski definition) is 7. The van der Waals surface area contributed by atoms with Crippen LogP contribution in [0.1, 0.15) is 155 Å². The van der Waals surface area contributed by atoms with Crippen LogP contribution in [0, 0.1) is 0 Å². The van der Waals surface area contributed by atoms with E-state index in [1.165, 1.54) is 103 Å². The molecule has 43 heavy (non-hydrogen) atoms. The molecule has 0 radical (unpaired) electrons. The summed E-state index contributed by atoms with van der Waals surface area (Å²) in [5.41, 5.74) is 0. The van der Waals surface area contributed by atoms with Gasteiger partial charge >= 0.3 is 0 Å². The van der Waals surface area contributed by atoms with Crippen molar-refractivity contribution in [1.82, 2.24) is 0 Å². The summed E-state index contributed by atoms with van der Waals surface area (Å²) in [6.07, 6.45) is 25.4. The monoisotopic (exact) mass is 615 g/mol. The first-order valence-corrected chi connectivity index (χ1v) is 18.0. The number of rotatable bonds is 29. The Morgan fingerprint density at radius 2 is 1.23 bits per heavy atom. The van der Waals surface area contributed by atoms with Gasteiger partial charge in [0, 0.05) is 27.2 Å². The van der Waals surface area contributed by atoms with Crippen LogP contribution >= 0.6 is 0 Å². The molecule has 1 saturated heterocycles. The quantitative estimate of drug-likeness (QED) is 0.0580. The number of hydrogen-bond donors (Lipinski definition) is 3. The van der Waals surface area contributed by atoms with E-state index in [9.17, 15) is 15.3 Å². The van der Waals surface area contributed by atoms with Gasteiger partial charge in [-0.1, -0.05) is 116 Å². The predicted octanol–water partition coefficient (Wildman–Crippen LogP) is 8.02. The van der Waals surface area contributed by atoms with Gasteiger partial charge in [0.25, 0.3) is 0 Å². The zero-order chi connectivity index (χ0) is 31.6. The largest absolute Gasteiger partial charge is 0.387 e. The highest BCUT2D eigenvalue weighted by Crippen LogP contribution is 2.35. The zero-order valence-electron chi connectivity index (χ0n) is 28.5. The van der Waals surface area contributed by atoms with E-state index < -0.39 is 30.2 Å². The van der Waals surface area contributed by atoms with Gasteiger partial charge in [-0.2, -0.15) is 0 Å². The lowest BCUT2D eigenvalue weighted by atomic mass is 9.88. The van der Waals surface area contributed by atoms with E-state index in [2.05, 4.69) is 26.0 Å². The minimum atomic E-state index is -1.72. The standard InChI is InChI=1S/C36H70O7/c1-5-7-9-11-12-13-14-15-16-17-18-19-20-21-23-25-29-42-35-34(38)33(37)32(30-40-3)43-36(35,39)28-27-31(41-4)26-24-22-10-8-6-2/h13-14,31-35,37-39H,5-12,15-30H2,1-4H3/b14-13-/t31-,32-,33-,34+,35-,36+/m1/s1. The number of methoxy groups -OCH3 is 2. The highest BCUT2D eigenvalue weighted by Gasteiger charge is 2.53. The summed E-state index contributed by atoms with van der Waals surface area (Å²) >= 11 is 0. The lowest BCUT2D eigenvalue weighted by Crippen LogP contribution is -2.66. The number of unbranched alkanes of at least 4 members (excludes halogenated alkanes) is 16. The fraction of sp³-hybridized carbons (Fsp3) is 0.944. The first-order chi connectivity index (χ1) is 20.9. The molecule has 0 aliphatic carbocycles. The van der Waals surface area contributed by atoms with Crippen LogP contribution in [0.25, 0.3) is 0 Å². The maximum atomic E-state index is 11.6. The second-order valence-electron chi connectivity index (χ2n) is 12.8. The predicted molar refractivity (Wildman–Crippen MR) is 176 cm³/mol. The van der Waals surface area contributed by atoms with Crippen molar-refractivity contribution in [3.63, 3.8) is 0 Å². The van der Waals surface area contributed by atoms with Crippen LogP contribution in [0.5, 0.6) is 0 Å². The molecule has 3 N–H and O–H groups in total. The summed E-state index contributed by atoms with van der Waals surface area (Å²) in [6, 6.07) is 0. The SMILES string of the molecule is CCCCCC/C=C\CCCCCCCCCCO[C@@H]1[C@@H](O)[C@H](O)[C@@H](COC)O[C@@]1(O)CC[C@@H](CCCCCCC)OC. The lowest BCUT2D eigenvalue weighted by Gasteiger charge is -2.48. The summed E-state index contributed by atoms with van der Waals surface area (Å²) in [7, 11) is 3.22. The Labute approximate surface area is 265 Å². The van der Waals surface area contributed by atoms with Crippen molar-refractivity contribution in [3.8, 4) is 0 Å². The van der Waals surface area contributed by atoms with Crippen molar-refractivity contribution >= 4 is 0 Å². The van der Waals surface area contributed by atoms with Gasteiger partial charge in [-0.05, 0) is 44.9 Å². The van der Waals surface area contributed by atoms with Crippen LogP contribution in [0.2, 0.25) is 0 Å². The van der Waals surface area contributed by atoms with Crippen LogP contribution in [0.15, 0.2) is 12.2 Å². The molecule has 7 nitrogen and oxygen atoms in total. The summed E-state index contributed by atoms with van der Waals surface area (Å²) in [6.45, 7) is 4.95. The molecular weight excluding hydrogens is 544 g/mol. The van der Waals surface area contributed by atoms with E-state index in [1.807, 2.05) is 0 Å². The van der Waals surface area contributed by atoms with Gasteiger partial charge in [0.15, 0.2) is 5.79 Å². The lowest BCUT2D eigenvalue weighted by molar-refractivity contribution is -0.360. The Morgan fingerprint density at radius 1 is 0.698 bits per heavy atom. The molecule has 1 fully saturated rings. The van der Waals surface area contributed by atoms with E-state index in [0.717, 1.165) is 32.1 Å². The molecule has 256 valence electrons. The molecule has 0 spiro atoms. The molecule has 0 aromatic rings. The molecule has 1 aliphatic rings. The van der Waals surface area contributed by atoms with Crippen molar-refractivity contribution in [2.24, 2.45) is 0 Å². The van der Waals surface area contributed by atoms with Crippen molar-refractivity contribution in [2.75, 3.05) is 27.4 Å². The third-order valence-electron chi connectivity index (χ3n) is 8.91. The summed E-state index contributed by atoms with van der Waals surface area (Å²) in [5.74, 6) is -1.72. The smallest absolute Gasteiger partial charge is 0.195 e. The molecule has 1 heterocycles. The highest BCUT2D eigenvalue weighted by atomic mass is 16.7. The van der Waals surface area contributed by atoms with Crippen molar-refractivity contribution in [1.29, 1.82) is 0 Å². The maximum absolute atomic E-state index is 11.6. The van der Waals surface area contributed by atoms with Gasteiger partial charge in [-0.25, -0.2) is 0 Å². The van der Waals surface area contributed by atoms with Crippen molar-refractivity contribution < 1.29 is 34.3 Å². The van der Waals surface area contributed by atoms with Crippen LogP contribution in [-0.4, -0.2) is 79.1 Å². The second-order valence-corrected chi connectivity index (χ2v) is 12.8. The van der Waals surface area contributed by atoms with Gasteiger partial charge < -0.3 is 34.3 Å². The topological polar surface area (TPSA) is 97.6 Å².